The van der Waals surface area contributed by atoms with E-state index < -0.39 is 0 Å². The van der Waals surface area contributed by atoms with Gasteiger partial charge < -0.3 is 14.5 Å². The zero-order chi connectivity index (χ0) is 17.9. The molecule has 1 aliphatic heterocycles. The highest BCUT2D eigenvalue weighted by molar-refractivity contribution is 5.89. The first kappa shape index (κ1) is 16.2. The van der Waals surface area contributed by atoms with Crippen LogP contribution in [0.25, 0.3) is 11.3 Å². The molecule has 1 aliphatic rings. The van der Waals surface area contributed by atoms with E-state index in [9.17, 15) is 4.79 Å². The number of aromatic nitrogens is 1. The number of amides is 1. The number of rotatable bonds is 5. The van der Waals surface area contributed by atoms with Gasteiger partial charge in [-0.25, -0.2) is 9.78 Å². The van der Waals surface area contributed by atoms with Crippen LogP contribution < -0.4 is 10.2 Å². The number of nitrogens with one attached hydrogen (secondary N) is 1. The number of hydrogen-bond acceptors (Lipinski definition) is 5. The van der Waals surface area contributed by atoms with Crippen molar-refractivity contribution in [3.8, 4) is 11.3 Å². The molecule has 6 heteroatoms. The van der Waals surface area contributed by atoms with Gasteiger partial charge in [-0.1, -0.05) is 36.4 Å². The molecule has 1 N–H and O–H groups in total. The Hall–Kier alpha value is -3.28. The van der Waals surface area contributed by atoms with Crippen LogP contribution in [-0.4, -0.2) is 24.2 Å². The summed E-state index contributed by atoms with van der Waals surface area (Å²) in [6.07, 6.45) is 1.43. The number of cyclic esters (lactones) is 1. The quantitative estimate of drug-likeness (QED) is 0.736. The standard InChI is InChI=1S/C20H19N3O3/c1-14(19-21-13-18(26-19)15-6-3-2-4-7-15)22-16-8-5-9-17(12-16)23-10-11-25-20(23)24/h2-9,12-14,22H,10-11H2,1H3/t14-/m0/s1. The van der Waals surface area contributed by atoms with Crippen LogP contribution in [0.5, 0.6) is 0 Å². The molecule has 0 spiro atoms. The Morgan fingerprint density at radius 3 is 2.77 bits per heavy atom. The SMILES string of the molecule is C[C@H](Nc1cccc(N2CCOC2=O)c1)c1ncc(-c2ccccc2)o1. The average Bonchev–Trinajstić information content (AvgIpc) is 3.32. The first-order chi connectivity index (χ1) is 12.7. The molecule has 1 atom stereocenters. The third kappa shape index (κ3) is 3.26. The van der Waals surface area contributed by atoms with E-state index in [2.05, 4.69) is 10.3 Å². The maximum absolute atomic E-state index is 11.7. The fraction of sp³-hybridized carbons (Fsp3) is 0.200. The van der Waals surface area contributed by atoms with E-state index in [0.29, 0.717) is 19.0 Å². The third-order valence-corrected chi connectivity index (χ3v) is 4.25. The van der Waals surface area contributed by atoms with Gasteiger partial charge in [0.25, 0.3) is 0 Å². The number of benzene rings is 2. The zero-order valence-electron chi connectivity index (χ0n) is 14.4. The van der Waals surface area contributed by atoms with Gasteiger partial charge in [0.05, 0.1) is 12.7 Å². The fourth-order valence-electron chi connectivity index (χ4n) is 2.93. The average molecular weight is 349 g/mol. The molecule has 0 radical (unpaired) electrons. The largest absolute Gasteiger partial charge is 0.447 e. The van der Waals surface area contributed by atoms with E-state index >= 15 is 0 Å². The van der Waals surface area contributed by atoms with Crippen LogP contribution in [-0.2, 0) is 4.74 Å². The molecular formula is C20H19N3O3. The second-order valence-electron chi connectivity index (χ2n) is 6.11. The van der Waals surface area contributed by atoms with Crippen molar-refractivity contribution in [2.24, 2.45) is 0 Å². The highest BCUT2D eigenvalue weighted by Gasteiger charge is 2.23. The van der Waals surface area contributed by atoms with Crippen molar-refractivity contribution in [2.75, 3.05) is 23.4 Å². The van der Waals surface area contributed by atoms with Crippen molar-refractivity contribution in [1.82, 2.24) is 4.98 Å². The Kier molecular flexibility index (Phi) is 4.31. The van der Waals surface area contributed by atoms with E-state index in [0.717, 1.165) is 22.7 Å². The maximum Gasteiger partial charge on any atom is 0.414 e. The number of hydrogen-bond donors (Lipinski definition) is 1. The molecule has 3 aromatic rings. The number of carbonyl (C=O) groups is 1. The van der Waals surface area contributed by atoms with Crippen LogP contribution in [0.4, 0.5) is 16.2 Å². The van der Waals surface area contributed by atoms with E-state index in [-0.39, 0.29) is 12.1 Å². The van der Waals surface area contributed by atoms with Gasteiger partial charge in [0.1, 0.15) is 12.6 Å². The zero-order valence-corrected chi connectivity index (χ0v) is 14.4. The third-order valence-electron chi connectivity index (χ3n) is 4.25. The predicted octanol–water partition coefficient (Wildman–Crippen LogP) is 4.47. The Morgan fingerprint density at radius 2 is 2.00 bits per heavy atom. The van der Waals surface area contributed by atoms with Crippen LogP contribution in [0, 0.1) is 0 Å². The topological polar surface area (TPSA) is 67.6 Å². The van der Waals surface area contributed by atoms with Crippen LogP contribution in [0.1, 0.15) is 18.9 Å². The molecule has 1 fully saturated rings. The van der Waals surface area contributed by atoms with Gasteiger partial charge in [0.2, 0.25) is 5.89 Å². The Bertz CT molecular complexity index is 907. The Balaban J connectivity index is 1.49. The summed E-state index contributed by atoms with van der Waals surface area (Å²) < 4.78 is 10.9. The first-order valence-electron chi connectivity index (χ1n) is 8.53. The van der Waals surface area contributed by atoms with E-state index in [4.69, 9.17) is 9.15 Å². The minimum Gasteiger partial charge on any atom is -0.447 e. The lowest BCUT2D eigenvalue weighted by molar-refractivity contribution is 0.181. The van der Waals surface area contributed by atoms with Gasteiger partial charge in [-0.2, -0.15) is 0 Å². The van der Waals surface area contributed by atoms with Crippen molar-refractivity contribution >= 4 is 17.5 Å². The maximum atomic E-state index is 11.7. The lowest BCUT2D eigenvalue weighted by Gasteiger charge is -2.16. The minimum absolute atomic E-state index is 0.117. The summed E-state index contributed by atoms with van der Waals surface area (Å²) in [5.74, 6) is 1.35. The van der Waals surface area contributed by atoms with E-state index in [1.54, 1.807) is 11.1 Å². The molecule has 0 saturated carbocycles. The molecule has 1 saturated heterocycles. The molecule has 2 heterocycles. The van der Waals surface area contributed by atoms with Gasteiger partial charge in [-0.05, 0) is 25.1 Å². The first-order valence-corrected chi connectivity index (χ1v) is 8.53. The van der Waals surface area contributed by atoms with Gasteiger partial charge in [0, 0.05) is 16.9 Å². The van der Waals surface area contributed by atoms with Gasteiger partial charge >= 0.3 is 6.09 Å². The molecule has 132 valence electrons. The summed E-state index contributed by atoms with van der Waals surface area (Å²) in [5, 5.41) is 3.37. The number of carbonyl (C=O) groups excluding carboxylic acids is 1. The van der Waals surface area contributed by atoms with Crippen LogP contribution in [0.2, 0.25) is 0 Å². The van der Waals surface area contributed by atoms with Crippen LogP contribution >= 0.6 is 0 Å². The lowest BCUT2D eigenvalue weighted by atomic mass is 10.2. The summed E-state index contributed by atoms with van der Waals surface area (Å²) in [4.78, 5) is 17.7. The molecule has 4 rings (SSSR count). The molecule has 6 nitrogen and oxygen atoms in total. The monoisotopic (exact) mass is 349 g/mol. The van der Waals surface area contributed by atoms with E-state index in [1.165, 1.54) is 0 Å². The molecule has 0 bridgehead atoms. The molecular weight excluding hydrogens is 330 g/mol. The second kappa shape index (κ2) is 6.92. The number of anilines is 2. The molecule has 0 aliphatic carbocycles. The normalized spacial score (nSPS) is 15.0. The highest BCUT2D eigenvalue weighted by Crippen LogP contribution is 2.27. The minimum atomic E-state index is -0.310. The Morgan fingerprint density at radius 1 is 1.15 bits per heavy atom. The van der Waals surface area contributed by atoms with Crippen LogP contribution in [0.3, 0.4) is 0 Å². The number of oxazole rings is 1. The molecule has 0 unspecified atom stereocenters. The molecule has 2 aromatic carbocycles. The number of nitrogens with zero attached hydrogens (tertiary/aromatic N) is 2. The lowest BCUT2D eigenvalue weighted by Crippen LogP contribution is -2.23. The Labute approximate surface area is 151 Å². The van der Waals surface area contributed by atoms with Crippen molar-refractivity contribution in [3.63, 3.8) is 0 Å². The smallest absolute Gasteiger partial charge is 0.414 e. The highest BCUT2D eigenvalue weighted by atomic mass is 16.6. The van der Waals surface area contributed by atoms with E-state index in [1.807, 2.05) is 61.5 Å². The summed E-state index contributed by atoms with van der Waals surface area (Å²) in [5.41, 5.74) is 2.68. The summed E-state index contributed by atoms with van der Waals surface area (Å²) in [7, 11) is 0. The number of ether oxygens (including phenoxy) is 1. The molecule has 1 amide bonds. The predicted molar refractivity (Wildman–Crippen MR) is 99.1 cm³/mol. The van der Waals surface area contributed by atoms with Gasteiger partial charge in [0.15, 0.2) is 5.76 Å². The van der Waals surface area contributed by atoms with Crippen molar-refractivity contribution in [2.45, 2.75) is 13.0 Å². The van der Waals surface area contributed by atoms with Gasteiger partial charge in [-0.15, -0.1) is 0 Å². The van der Waals surface area contributed by atoms with Gasteiger partial charge in [-0.3, -0.25) is 4.90 Å². The van der Waals surface area contributed by atoms with Crippen LogP contribution in [0.15, 0.2) is 65.2 Å². The molecule has 1 aromatic heterocycles. The second-order valence-corrected chi connectivity index (χ2v) is 6.11. The van der Waals surface area contributed by atoms with Crippen molar-refractivity contribution in [1.29, 1.82) is 0 Å². The van der Waals surface area contributed by atoms with Crippen molar-refractivity contribution in [3.05, 3.63) is 66.7 Å². The molecule has 26 heavy (non-hydrogen) atoms. The van der Waals surface area contributed by atoms with Crippen molar-refractivity contribution < 1.29 is 13.9 Å². The fourth-order valence-corrected chi connectivity index (χ4v) is 2.93. The summed E-state index contributed by atoms with van der Waals surface area (Å²) in [6.45, 7) is 2.97. The summed E-state index contributed by atoms with van der Waals surface area (Å²) in [6, 6.07) is 17.4. The summed E-state index contributed by atoms with van der Waals surface area (Å²) >= 11 is 0.